The molecular formula is C17H22N2O3. The molecule has 22 heavy (non-hydrogen) atoms. The van der Waals surface area contributed by atoms with Crippen LogP contribution in [0.2, 0.25) is 0 Å². The molecule has 1 amide bonds. The van der Waals surface area contributed by atoms with Crippen molar-refractivity contribution in [3.8, 4) is 5.75 Å². The Balaban J connectivity index is 1.75. The van der Waals surface area contributed by atoms with Crippen molar-refractivity contribution in [3.05, 3.63) is 23.8 Å². The molecule has 0 spiro atoms. The highest BCUT2D eigenvalue weighted by molar-refractivity contribution is 5.89. The molecule has 3 rings (SSSR count). The van der Waals surface area contributed by atoms with Gasteiger partial charge in [-0.2, -0.15) is 0 Å². The molecule has 0 aromatic heterocycles. The van der Waals surface area contributed by atoms with Gasteiger partial charge in [0.1, 0.15) is 6.54 Å². The van der Waals surface area contributed by atoms with Gasteiger partial charge in [-0.15, -0.1) is 0 Å². The first kappa shape index (κ1) is 14.9. The fourth-order valence-electron chi connectivity index (χ4n) is 3.08. The summed E-state index contributed by atoms with van der Waals surface area (Å²) in [4.78, 5) is 28.1. The van der Waals surface area contributed by atoms with E-state index in [2.05, 4.69) is 0 Å². The standard InChI is InChI=1S/C17H22N2O3/c1-13-6-7-15-14(10-13)19(12-17(21)22-15)11-16(20)18-8-4-2-3-5-9-18/h6-7,10H,2-5,8-9,11-12H2,1H3. The van der Waals surface area contributed by atoms with Crippen molar-refractivity contribution in [2.75, 3.05) is 31.1 Å². The maximum atomic E-state index is 12.6. The summed E-state index contributed by atoms with van der Waals surface area (Å²) in [5.41, 5.74) is 1.92. The molecule has 1 aromatic carbocycles. The van der Waals surface area contributed by atoms with Gasteiger partial charge in [-0.05, 0) is 37.5 Å². The van der Waals surface area contributed by atoms with Crippen molar-refractivity contribution in [3.63, 3.8) is 0 Å². The number of hydrogen-bond donors (Lipinski definition) is 0. The van der Waals surface area contributed by atoms with E-state index >= 15 is 0 Å². The maximum Gasteiger partial charge on any atom is 0.331 e. The van der Waals surface area contributed by atoms with Gasteiger partial charge in [0.15, 0.2) is 5.75 Å². The zero-order valence-electron chi connectivity index (χ0n) is 13.0. The predicted octanol–water partition coefficient (Wildman–Crippen LogP) is 2.12. The van der Waals surface area contributed by atoms with E-state index in [1.54, 1.807) is 6.07 Å². The summed E-state index contributed by atoms with van der Waals surface area (Å²) in [6.07, 6.45) is 4.54. The number of aryl methyl sites for hydroxylation is 1. The van der Waals surface area contributed by atoms with Crippen molar-refractivity contribution < 1.29 is 14.3 Å². The summed E-state index contributed by atoms with van der Waals surface area (Å²) in [5, 5.41) is 0. The largest absolute Gasteiger partial charge is 0.423 e. The molecule has 2 aliphatic heterocycles. The zero-order valence-corrected chi connectivity index (χ0v) is 13.0. The Kier molecular flexibility index (Phi) is 4.32. The summed E-state index contributed by atoms with van der Waals surface area (Å²) in [7, 11) is 0. The van der Waals surface area contributed by atoms with Crippen molar-refractivity contribution in [2.45, 2.75) is 32.6 Å². The molecule has 1 aromatic rings. The van der Waals surface area contributed by atoms with E-state index in [9.17, 15) is 9.59 Å². The highest BCUT2D eigenvalue weighted by Crippen LogP contribution is 2.32. The van der Waals surface area contributed by atoms with Crippen molar-refractivity contribution in [2.24, 2.45) is 0 Å². The lowest BCUT2D eigenvalue weighted by molar-refractivity contribution is -0.133. The van der Waals surface area contributed by atoms with Crippen molar-refractivity contribution in [1.29, 1.82) is 0 Å². The van der Waals surface area contributed by atoms with Gasteiger partial charge in [0.25, 0.3) is 0 Å². The van der Waals surface area contributed by atoms with Gasteiger partial charge in [-0.1, -0.05) is 18.9 Å². The van der Waals surface area contributed by atoms with Gasteiger partial charge < -0.3 is 14.5 Å². The quantitative estimate of drug-likeness (QED) is 0.620. The fraction of sp³-hybridized carbons (Fsp3) is 0.529. The number of carbonyl (C=O) groups excluding carboxylic acids is 2. The van der Waals surface area contributed by atoms with Crippen LogP contribution in [0.1, 0.15) is 31.2 Å². The topological polar surface area (TPSA) is 49.9 Å². The number of carbonyl (C=O) groups is 2. The van der Waals surface area contributed by atoms with E-state index in [0.29, 0.717) is 5.75 Å². The highest BCUT2D eigenvalue weighted by Gasteiger charge is 2.27. The van der Waals surface area contributed by atoms with Gasteiger partial charge in [-0.3, -0.25) is 4.79 Å². The molecule has 0 atom stereocenters. The third-order valence-corrected chi connectivity index (χ3v) is 4.28. The monoisotopic (exact) mass is 302 g/mol. The second-order valence-corrected chi connectivity index (χ2v) is 6.10. The van der Waals surface area contributed by atoms with Gasteiger partial charge >= 0.3 is 5.97 Å². The number of fused-ring (bicyclic) bond motifs is 1. The van der Waals surface area contributed by atoms with Gasteiger partial charge in [0.2, 0.25) is 5.91 Å². The normalized spacial score (nSPS) is 18.5. The van der Waals surface area contributed by atoms with E-state index in [0.717, 1.165) is 37.2 Å². The number of nitrogens with zero attached hydrogens (tertiary/aromatic N) is 2. The van der Waals surface area contributed by atoms with Crippen molar-refractivity contribution >= 4 is 17.6 Å². The minimum atomic E-state index is -0.306. The molecule has 0 N–H and O–H groups in total. The minimum absolute atomic E-state index is 0.101. The Morgan fingerprint density at radius 3 is 2.64 bits per heavy atom. The summed E-state index contributed by atoms with van der Waals surface area (Å²) in [6, 6.07) is 5.68. The average molecular weight is 302 g/mol. The molecule has 0 bridgehead atoms. The van der Waals surface area contributed by atoms with Crippen LogP contribution in [0.4, 0.5) is 5.69 Å². The van der Waals surface area contributed by atoms with Crippen LogP contribution in [0.5, 0.6) is 5.75 Å². The Morgan fingerprint density at radius 1 is 1.18 bits per heavy atom. The second kappa shape index (κ2) is 6.38. The first-order valence-electron chi connectivity index (χ1n) is 7.97. The lowest BCUT2D eigenvalue weighted by Gasteiger charge is -2.31. The van der Waals surface area contributed by atoms with Crippen LogP contribution < -0.4 is 9.64 Å². The molecule has 1 fully saturated rings. The third kappa shape index (κ3) is 3.24. The Labute approximate surface area is 130 Å². The van der Waals surface area contributed by atoms with E-state index in [-0.39, 0.29) is 25.0 Å². The molecular weight excluding hydrogens is 280 g/mol. The minimum Gasteiger partial charge on any atom is -0.423 e. The van der Waals surface area contributed by atoms with Gasteiger partial charge in [0, 0.05) is 13.1 Å². The summed E-state index contributed by atoms with van der Waals surface area (Å²) < 4.78 is 5.26. The first-order chi connectivity index (χ1) is 10.6. The highest BCUT2D eigenvalue weighted by atomic mass is 16.5. The summed E-state index contributed by atoms with van der Waals surface area (Å²) >= 11 is 0. The van der Waals surface area contributed by atoms with Crippen LogP contribution in [0.3, 0.4) is 0 Å². The zero-order chi connectivity index (χ0) is 15.5. The predicted molar refractivity (Wildman–Crippen MR) is 84.1 cm³/mol. The van der Waals surface area contributed by atoms with E-state index in [1.807, 2.05) is 28.9 Å². The molecule has 2 heterocycles. The number of ether oxygens (including phenoxy) is 1. The summed E-state index contributed by atoms with van der Waals surface area (Å²) in [5.74, 6) is 0.342. The number of esters is 1. The molecule has 0 aliphatic carbocycles. The smallest absolute Gasteiger partial charge is 0.331 e. The SMILES string of the molecule is Cc1ccc2c(c1)N(CC(=O)N1CCCCCC1)CC(=O)O2. The number of likely N-dealkylation sites (tertiary alicyclic amines) is 1. The van der Waals surface area contributed by atoms with Crippen LogP contribution in [0.15, 0.2) is 18.2 Å². The Hall–Kier alpha value is -2.04. The number of benzene rings is 1. The van der Waals surface area contributed by atoms with Crippen LogP contribution in [0.25, 0.3) is 0 Å². The number of amides is 1. The Bertz CT molecular complexity index is 577. The molecule has 5 nitrogen and oxygen atoms in total. The third-order valence-electron chi connectivity index (χ3n) is 4.28. The van der Waals surface area contributed by atoms with E-state index < -0.39 is 0 Å². The van der Waals surface area contributed by atoms with E-state index in [4.69, 9.17) is 4.74 Å². The lowest BCUT2D eigenvalue weighted by Crippen LogP contribution is -2.45. The Morgan fingerprint density at radius 2 is 1.91 bits per heavy atom. The number of anilines is 1. The molecule has 0 saturated carbocycles. The molecule has 0 unspecified atom stereocenters. The van der Waals surface area contributed by atoms with Crippen molar-refractivity contribution in [1.82, 2.24) is 4.90 Å². The fourth-order valence-corrected chi connectivity index (χ4v) is 3.08. The van der Waals surface area contributed by atoms with Gasteiger partial charge in [0.05, 0.1) is 12.2 Å². The lowest BCUT2D eigenvalue weighted by atomic mass is 10.1. The molecule has 2 aliphatic rings. The number of hydrogen-bond acceptors (Lipinski definition) is 4. The first-order valence-corrected chi connectivity index (χ1v) is 7.97. The average Bonchev–Trinajstić information content (AvgIpc) is 2.77. The molecule has 0 radical (unpaired) electrons. The van der Waals surface area contributed by atoms with Gasteiger partial charge in [-0.25, -0.2) is 4.79 Å². The van der Waals surface area contributed by atoms with Crippen LogP contribution in [-0.2, 0) is 9.59 Å². The maximum absolute atomic E-state index is 12.6. The second-order valence-electron chi connectivity index (χ2n) is 6.10. The molecule has 5 heteroatoms. The van der Waals surface area contributed by atoms with Crippen LogP contribution in [-0.4, -0.2) is 43.0 Å². The number of rotatable bonds is 2. The van der Waals surface area contributed by atoms with Crippen LogP contribution >= 0.6 is 0 Å². The summed E-state index contributed by atoms with van der Waals surface area (Å²) in [6.45, 7) is 4.03. The van der Waals surface area contributed by atoms with Crippen LogP contribution in [0, 0.1) is 6.92 Å². The molecule has 118 valence electrons. The van der Waals surface area contributed by atoms with E-state index in [1.165, 1.54) is 12.8 Å². The molecule has 1 saturated heterocycles.